The molecule has 0 N–H and O–H groups in total. The number of methoxy groups -OCH3 is 1. The molecule has 0 aliphatic carbocycles. The molecular formula is C19H21NO4S. The fourth-order valence-corrected chi connectivity index (χ4v) is 4.97. The van der Waals surface area contributed by atoms with Gasteiger partial charge in [-0.2, -0.15) is 4.31 Å². The standard InChI is InChI=1S/C19H21NO4S/c1-14-13-16(10-11-18(14)24-2)25(22,23)20-12-6-9-17(20)19(21)15-7-4-3-5-8-15/h3-5,7-8,10-11,13,17H,6,9,12H2,1-2H3. The molecule has 1 aliphatic rings. The van der Waals surface area contributed by atoms with E-state index in [0.717, 1.165) is 5.56 Å². The van der Waals surface area contributed by atoms with Crippen LogP contribution in [0.15, 0.2) is 53.4 Å². The number of Topliss-reactive ketones (excluding diaryl/α,β-unsaturated/α-hetero) is 1. The number of benzene rings is 2. The molecule has 2 aromatic rings. The fourth-order valence-electron chi connectivity index (χ4n) is 3.23. The number of aryl methyl sites for hydroxylation is 1. The molecule has 1 aliphatic heterocycles. The molecule has 0 spiro atoms. The van der Waals surface area contributed by atoms with E-state index in [0.29, 0.717) is 30.7 Å². The maximum atomic E-state index is 13.1. The highest BCUT2D eigenvalue weighted by molar-refractivity contribution is 7.89. The van der Waals surface area contributed by atoms with Crippen molar-refractivity contribution < 1.29 is 17.9 Å². The summed E-state index contributed by atoms with van der Waals surface area (Å²) < 4.78 is 32.7. The van der Waals surface area contributed by atoms with Gasteiger partial charge in [-0.15, -0.1) is 0 Å². The summed E-state index contributed by atoms with van der Waals surface area (Å²) in [6.07, 6.45) is 1.22. The van der Waals surface area contributed by atoms with E-state index in [9.17, 15) is 13.2 Å². The SMILES string of the molecule is COc1ccc(S(=O)(=O)N2CCCC2C(=O)c2ccccc2)cc1C. The normalized spacial score (nSPS) is 18.2. The van der Waals surface area contributed by atoms with Crippen molar-refractivity contribution in [1.29, 1.82) is 0 Å². The van der Waals surface area contributed by atoms with Gasteiger partial charge in [0.05, 0.1) is 18.0 Å². The van der Waals surface area contributed by atoms with Crippen molar-refractivity contribution in [2.75, 3.05) is 13.7 Å². The van der Waals surface area contributed by atoms with Gasteiger partial charge in [0.25, 0.3) is 0 Å². The molecule has 0 bridgehead atoms. The van der Waals surface area contributed by atoms with Crippen LogP contribution in [0.5, 0.6) is 5.75 Å². The molecule has 1 unspecified atom stereocenters. The summed E-state index contributed by atoms with van der Waals surface area (Å²) in [5, 5.41) is 0. The molecule has 3 rings (SSSR count). The van der Waals surface area contributed by atoms with Gasteiger partial charge in [-0.05, 0) is 43.5 Å². The van der Waals surface area contributed by atoms with E-state index in [2.05, 4.69) is 0 Å². The van der Waals surface area contributed by atoms with Crippen molar-refractivity contribution in [3.8, 4) is 5.75 Å². The summed E-state index contributed by atoms with van der Waals surface area (Å²) in [4.78, 5) is 13.0. The Morgan fingerprint density at radius 2 is 1.88 bits per heavy atom. The molecule has 0 saturated carbocycles. The van der Waals surface area contributed by atoms with Crippen LogP contribution < -0.4 is 4.74 Å². The Labute approximate surface area is 148 Å². The highest BCUT2D eigenvalue weighted by Crippen LogP contribution is 2.30. The largest absolute Gasteiger partial charge is 0.496 e. The lowest BCUT2D eigenvalue weighted by Gasteiger charge is -2.23. The van der Waals surface area contributed by atoms with Crippen molar-refractivity contribution in [3.05, 3.63) is 59.7 Å². The van der Waals surface area contributed by atoms with Gasteiger partial charge < -0.3 is 4.74 Å². The smallest absolute Gasteiger partial charge is 0.243 e. The maximum absolute atomic E-state index is 13.1. The Morgan fingerprint density at radius 1 is 1.16 bits per heavy atom. The first-order valence-electron chi connectivity index (χ1n) is 8.21. The number of hydrogen-bond donors (Lipinski definition) is 0. The summed E-state index contributed by atoms with van der Waals surface area (Å²) in [5.74, 6) is 0.490. The Bertz CT molecular complexity index is 878. The van der Waals surface area contributed by atoms with Crippen LogP contribution >= 0.6 is 0 Å². The summed E-state index contributed by atoms with van der Waals surface area (Å²) >= 11 is 0. The molecule has 6 heteroatoms. The number of ketones is 1. The predicted molar refractivity (Wildman–Crippen MR) is 95.4 cm³/mol. The van der Waals surface area contributed by atoms with Crippen LogP contribution in [-0.4, -0.2) is 38.2 Å². The first kappa shape index (κ1) is 17.6. The van der Waals surface area contributed by atoms with E-state index in [1.54, 1.807) is 50.4 Å². The minimum absolute atomic E-state index is 0.146. The highest BCUT2D eigenvalue weighted by Gasteiger charge is 2.39. The lowest BCUT2D eigenvalue weighted by molar-refractivity contribution is 0.0918. The monoisotopic (exact) mass is 359 g/mol. The predicted octanol–water partition coefficient (Wildman–Crippen LogP) is 3.04. The van der Waals surface area contributed by atoms with E-state index in [-0.39, 0.29) is 10.7 Å². The summed E-state index contributed by atoms with van der Waals surface area (Å²) in [7, 11) is -2.18. The van der Waals surface area contributed by atoms with Crippen molar-refractivity contribution in [2.24, 2.45) is 0 Å². The van der Waals surface area contributed by atoms with E-state index in [1.807, 2.05) is 6.07 Å². The summed E-state index contributed by atoms with van der Waals surface area (Å²) in [6, 6.07) is 13.0. The Morgan fingerprint density at radius 3 is 2.52 bits per heavy atom. The number of nitrogens with zero attached hydrogens (tertiary/aromatic N) is 1. The van der Waals surface area contributed by atoms with Gasteiger partial charge in [0.15, 0.2) is 5.78 Å². The van der Waals surface area contributed by atoms with Gasteiger partial charge >= 0.3 is 0 Å². The van der Waals surface area contributed by atoms with Gasteiger partial charge in [-0.1, -0.05) is 30.3 Å². The third-order valence-corrected chi connectivity index (χ3v) is 6.44. The molecule has 25 heavy (non-hydrogen) atoms. The first-order valence-corrected chi connectivity index (χ1v) is 9.65. The van der Waals surface area contributed by atoms with Crippen LogP contribution in [0.25, 0.3) is 0 Å². The van der Waals surface area contributed by atoms with Crippen molar-refractivity contribution in [2.45, 2.75) is 30.7 Å². The van der Waals surface area contributed by atoms with E-state index < -0.39 is 16.1 Å². The average molecular weight is 359 g/mol. The third kappa shape index (κ3) is 3.32. The van der Waals surface area contributed by atoms with E-state index in [1.165, 1.54) is 10.4 Å². The van der Waals surface area contributed by atoms with Crippen LogP contribution in [0.3, 0.4) is 0 Å². The number of carbonyl (C=O) groups is 1. The Hall–Kier alpha value is -2.18. The molecule has 132 valence electrons. The number of sulfonamides is 1. The molecule has 2 aromatic carbocycles. The highest BCUT2D eigenvalue weighted by atomic mass is 32.2. The summed E-state index contributed by atoms with van der Waals surface area (Å²) in [6.45, 7) is 2.16. The molecule has 1 atom stereocenters. The lowest BCUT2D eigenvalue weighted by Crippen LogP contribution is -2.40. The second-order valence-electron chi connectivity index (χ2n) is 6.14. The number of ether oxygens (including phenoxy) is 1. The van der Waals surface area contributed by atoms with Crippen LogP contribution in [0.4, 0.5) is 0 Å². The quantitative estimate of drug-likeness (QED) is 0.770. The minimum atomic E-state index is -3.73. The Kier molecular flexibility index (Phi) is 4.92. The topological polar surface area (TPSA) is 63.7 Å². The maximum Gasteiger partial charge on any atom is 0.243 e. The fraction of sp³-hybridized carbons (Fsp3) is 0.316. The first-order chi connectivity index (χ1) is 11.9. The molecule has 1 saturated heterocycles. The van der Waals surface area contributed by atoms with E-state index >= 15 is 0 Å². The second kappa shape index (κ2) is 6.98. The van der Waals surface area contributed by atoms with Crippen LogP contribution in [-0.2, 0) is 10.0 Å². The molecule has 0 amide bonds. The van der Waals surface area contributed by atoms with Crippen LogP contribution in [0, 0.1) is 6.92 Å². The Balaban J connectivity index is 1.93. The van der Waals surface area contributed by atoms with E-state index in [4.69, 9.17) is 4.74 Å². The lowest BCUT2D eigenvalue weighted by atomic mass is 10.0. The number of hydrogen-bond acceptors (Lipinski definition) is 4. The molecule has 1 fully saturated rings. The van der Waals surface area contributed by atoms with Crippen molar-refractivity contribution in [1.82, 2.24) is 4.31 Å². The average Bonchev–Trinajstić information content (AvgIpc) is 3.12. The van der Waals surface area contributed by atoms with Gasteiger partial charge in [-0.25, -0.2) is 8.42 Å². The third-order valence-electron chi connectivity index (χ3n) is 4.54. The van der Waals surface area contributed by atoms with Crippen molar-refractivity contribution in [3.63, 3.8) is 0 Å². The van der Waals surface area contributed by atoms with Gasteiger partial charge in [0.1, 0.15) is 5.75 Å². The molecule has 0 aromatic heterocycles. The molecular weight excluding hydrogens is 338 g/mol. The van der Waals surface area contributed by atoms with Crippen LogP contribution in [0.1, 0.15) is 28.8 Å². The minimum Gasteiger partial charge on any atom is -0.496 e. The van der Waals surface area contributed by atoms with Crippen molar-refractivity contribution >= 4 is 15.8 Å². The van der Waals surface area contributed by atoms with Crippen LogP contribution in [0.2, 0.25) is 0 Å². The van der Waals surface area contributed by atoms with Gasteiger partial charge in [0, 0.05) is 12.1 Å². The molecule has 5 nitrogen and oxygen atoms in total. The molecule has 1 heterocycles. The number of rotatable bonds is 5. The zero-order valence-electron chi connectivity index (χ0n) is 14.3. The molecule has 0 radical (unpaired) electrons. The zero-order valence-corrected chi connectivity index (χ0v) is 15.1. The zero-order chi connectivity index (χ0) is 18.0. The number of carbonyl (C=O) groups excluding carboxylic acids is 1. The van der Waals surface area contributed by atoms with Gasteiger partial charge in [0.2, 0.25) is 10.0 Å². The van der Waals surface area contributed by atoms with Gasteiger partial charge in [-0.3, -0.25) is 4.79 Å². The summed E-state index contributed by atoms with van der Waals surface area (Å²) in [5.41, 5.74) is 1.29. The second-order valence-corrected chi connectivity index (χ2v) is 8.03.